The number of amides is 1. The number of hydroxylamine groups is 1. The van der Waals surface area contributed by atoms with Gasteiger partial charge in [-0.15, -0.1) is 0 Å². The molecule has 31 heavy (non-hydrogen) atoms. The molecule has 2 atom stereocenters. The van der Waals surface area contributed by atoms with E-state index in [1.807, 2.05) is 6.07 Å². The van der Waals surface area contributed by atoms with Crippen LogP contribution in [0, 0.1) is 11.3 Å². The number of nitrogen functional groups attached to an aromatic ring is 1. The van der Waals surface area contributed by atoms with Gasteiger partial charge in [0.1, 0.15) is 24.1 Å². The molecule has 1 aromatic carbocycles. The molecule has 1 fully saturated rings. The fourth-order valence-electron chi connectivity index (χ4n) is 3.13. The van der Waals surface area contributed by atoms with Crippen molar-refractivity contribution < 1.29 is 24.6 Å². The summed E-state index contributed by atoms with van der Waals surface area (Å²) in [7, 11) is 0. The van der Waals surface area contributed by atoms with Gasteiger partial charge in [-0.25, -0.2) is 10.5 Å². The van der Waals surface area contributed by atoms with Gasteiger partial charge in [0.05, 0.1) is 23.3 Å². The second-order valence-electron chi connectivity index (χ2n) is 7.99. The van der Waals surface area contributed by atoms with E-state index in [0.29, 0.717) is 24.0 Å². The Morgan fingerprint density at radius 1 is 1.39 bits per heavy atom. The number of aliphatic hydroxyl groups is 2. The number of rotatable bonds is 7. The lowest BCUT2D eigenvalue weighted by molar-refractivity contribution is -0.0523. The average Bonchev–Trinajstić information content (AvgIpc) is 3.11. The molecule has 0 spiro atoms. The van der Waals surface area contributed by atoms with Crippen LogP contribution in [-0.4, -0.2) is 50.5 Å². The normalized spacial score (nSPS) is 18.4. The monoisotopic (exact) mass is 427 g/mol. The van der Waals surface area contributed by atoms with E-state index in [4.69, 9.17) is 20.6 Å². The number of carbonyl (C=O) groups excluding carboxylic acids is 1. The summed E-state index contributed by atoms with van der Waals surface area (Å²) in [4.78, 5) is 26.3. The largest absolute Gasteiger partial charge is 0.471 e. The van der Waals surface area contributed by atoms with Crippen LogP contribution in [0.3, 0.4) is 0 Å². The molecule has 3 rings (SSSR count). The van der Waals surface area contributed by atoms with Crippen molar-refractivity contribution in [1.29, 1.82) is 5.26 Å². The number of ether oxygens (including phenoxy) is 1. The summed E-state index contributed by atoms with van der Waals surface area (Å²) < 4.78 is 5.87. The number of nitrogens with one attached hydrogen (secondary N) is 1. The van der Waals surface area contributed by atoms with Crippen molar-refractivity contribution in [1.82, 2.24) is 15.4 Å². The fraction of sp³-hybridized carbons (Fsp3) is 0.429. The van der Waals surface area contributed by atoms with E-state index < -0.39 is 23.7 Å². The Labute approximate surface area is 179 Å². The topological polar surface area (TPSA) is 164 Å². The zero-order chi connectivity index (χ0) is 22.6. The number of hydrogen-bond donors (Lipinski definition) is 4. The lowest BCUT2D eigenvalue weighted by Gasteiger charge is -2.20. The van der Waals surface area contributed by atoms with Crippen LogP contribution in [0.4, 0.5) is 5.82 Å². The highest BCUT2D eigenvalue weighted by Gasteiger charge is 2.31. The van der Waals surface area contributed by atoms with Crippen LogP contribution in [-0.2, 0) is 4.84 Å². The molecule has 10 heteroatoms. The summed E-state index contributed by atoms with van der Waals surface area (Å²) in [5.74, 6) is -0.827. The van der Waals surface area contributed by atoms with E-state index >= 15 is 0 Å². The molecule has 0 radical (unpaired) electrons. The van der Waals surface area contributed by atoms with Gasteiger partial charge in [-0.3, -0.25) is 9.63 Å². The van der Waals surface area contributed by atoms with Gasteiger partial charge in [0, 0.05) is 5.56 Å². The number of aromatic nitrogens is 2. The molecule has 10 nitrogen and oxygen atoms in total. The van der Waals surface area contributed by atoms with Crippen molar-refractivity contribution >= 4 is 11.7 Å². The Bertz CT molecular complexity index is 999. The average molecular weight is 427 g/mol. The molecular formula is C21H25N5O5. The predicted molar refractivity (Wildman–Crippen MR) is 111 cm³/mol. The summed E-state index contributed by atoms with van der Waals surface area (Å²) in [6, 6.07) is 8.66. The Morgan fingerprint density at radius 2 is 2.16 bits per heavy atom. The van der Waals surface area contributed by atoms with Gasteiger partial charge < -0.3 is 20.7 Å². The number of hydrogen-bond acceptors (Lipinski definition) is 9. The van der Waals surface area contributed by atoms with Gasteiger partial charge in [-0.1, -0.05) is 12.1 Å². The van der Waals surface area contributed by atoms with E-state index in [1.165, 1.54) is 13.8 Å². The number of aliphatic hydroxyl groups excluding tert-OH is 1. The van der Waals surface area contributed by atoms with Gasteiger partial charge in [0.2, 0.25) is 5.88 Å². The molecule has 1 heterocycles. The Kier molecular flexibility index (Phi) is 6.70. The van der Waals surface area contributed by atoms with Crippen molar-refractivity contribution in [3.8, 4) is 23.3 Å². The van der Waals surface area contributed by atoms with Crippen LogP contribution in [0.5, 0.6) is 5.88 Å². The molecular weight excluding hydrogens is 402 g/mol. The summed E-state index contributed by atoms with van der Waals surface area (Å²) in [5.41, 5.74) is 7.91. The van der Waals surface area contributed by atoms with E-state index in [9.17, 15) is 15.0 Å². The minimum atomic E-state index is -1.15. The van der Waals surface area contributed by atoms with Crippen molar-refractivity contribution in [2.45, 2.75) is 50.9 Å². The first-order valence-electron chi connectivity index (χ1n) is 9.85. The zero-order valence-corrected chi connectivity index (χ0v) is 17.3. The summed E-state index contributed by atoms with van der Waals surface area (Å²) in [6.07, 6.45) is 0.721. The van der Waals surface area contributed by atoms with Crippen molar-refractivity contribution in [2.24, 2.45) is 0 Å². The van der Waals surface area contributed by atoms with Gasteiger partial charge in [-0.05, 0) is 45.2 Å². The van der Waals surface area contributed by atoms with E-state index in [-0.39, 0.29) is 29.7 Å². The van der Waals surface area contributed by atoms with Crippen LogP contribution in [0.15, 0.2) is 24.3 Å². The number of nitrogens with two attached hydrogens (primary N) is 1. The second-order valence-corrected chi connectivity index (χ2v) is 7.99. The van der Waals surface area contributed by atoms with Crippen LogP contribution < -0.4 is 16.0 Å². The van der Waals surface area contributed by atoms with E-state index in [1.54, 1.807) is 24.3 Å². The molecule has 1 aromatic heterocycles. The van der Waals surface area contributed by atoms with Crippen LogP contribution in [0.25, 0.3) is 11.4 Å². The summed E-state index contributed by atoms with van der Waals surface area (Å²) in [5, 5.41) is 29.0. The molecule has 0 saturated heterocycles. The van der Waals surface area contributed by atoms with Crippen molar-refractivity contribution in [3.05, 3.63) is 35.4 Å². The van der Waals surface area contributed by atoms with Gasteiger partial charge >= 0.3 is 0 Å². The minimum Gasteiger partial charge on any atom is -0.471 e. The van der Waals surface area contributed by atoms with Crippen LogP contribution in [0.1, 0.15) is 49.0 Å². The van der Waals surface area contributed by atoms with Gasteiger partial charge in [-0.2, -0.15) is 10.2 Å². The first kappa shape index (κ1) is 22.4. The number of nitriles is 1. The highest BCUT2D eigenvalue weighted by atomic mass is 16.7. The number of carbonyl (C=O) groups is 1. The lowest BCUT2D eigenvalue weighted by atomic mass is 10.1. The van der Waals surface area contributed by atoms with Gasteiger partial charge in [0.15, 0.2) is 5.82 Å². The smallest absolute Gasteiger partial charge is 0.284 e. The second kappa shape index (κ2) is 9.26. The zero-order valence-electron chi connectivity index (χ0n) is 17.3. The third-order valence-corrected chi connectivity index (χ3v) is 4.65. The van der Waals surface area contributed by atoms with Crippen molar-refractivity contribution in [2.75, 3.05) is 12.3 Å². The molecule has 1 amide bonds. The fourth-order valence-corrected chi connectivity index (χ4v) is 3.13. The summed E-state index contributed by atoms with van der Waals surface area (Å²) >= 11 is 0. The molecule has 0 unspecified atom stereocenters. The maximum absolute atomic E-state index is 12.7. The maximum Gasteiger partial charge on any atom is 0.284 e. The Balaban J connectivity index is 1.96. The lowest BCUT2D eigenvalue weighted by Crippen LogP contribution is -2.34. The van der Waals surface area contributed by atoms with E-state index in [2.05, 4.69) is 15.4 Å². The Morgan fingerprint density at radius 3 is 2.81 bits per heavy atom. The predicted octanol–water partition coefficient (Wildman–Crippen LogP) is 1.32. The molecule has 1 aliphatic carbocycles. The number of benzene rings is 1. The number of anilines is 1. The first-order chi connectivity index (χ1) is 14.7. The van der Waals surface area contributed by atoms with Gasteiger partial charge in [0.25, 0.3) is 5.91 Å². The third kappa shape index (κ3) is 5.67. The molecule has 164 valence electrons. The van der Waals surface area contributed by atoms with Crippen molar-refractivity contribution in [3.63, 3.8) is 0 Å². The SMILES string of the molecule is CC(C)(O)CONC(=O)c1c(N)nc(-c2cccc(C#N)c2)nc1O[C@@H]1CCC[C@@H]1O. The van der Waals surface area contributed by atoms with E-state index in [0.717, 1.165) is 6.42 Å². The standard InChI is InChI=1S/C21H25N5O5/c1-21(2,29)11-30-26-19(28)16-17(23)24-18(13-6-3-5-12(9-13)10-22)25-20(16)31-15-8-4-7-14(15)27/h3,5-6,9,14-15,27,29H,4,7-8,11H2,1-2H3,(H,26,28)(H2,23,24,25)/t14-,15+/m0/s1. The quantitative estimate of drug-likeness (QED) is 0.477. The Hall–Kier alpha value is -3.26. The minimum absolute atomic E-state index is 0.0971. The third-order valence-electron chi connectivity index (χ3n) is 4.65. The highest BCUT2D eigenvalue weighted by Crippen LogP contribution is 2.30. The summed E-state index contributed by atoms with van der Waals surface area (Å²) in [6.45, 7) is 2.89. The molecule has 1 saturated carbocycles. The van der Waals surface area contributed by atoms with Crippen LogP contribution >= 0.6 is 0 Å². The molecule has 0 aliphatic heterocycles. The maximum atomic E-state index is 12.7. The highest BCUT2D eigenvalue weighted by molar-refractivity contribution is 6.00. The molecule has 2 aromatic rings. The first-order valence-corrected chi connectivity index (χ1v) is 9.85. The van der Waals surface area contributed by atoms with Crippen LogP contribution in [0.2, 0.25) is 0 Å². The molecule has 0 bridgehead atoms. The number of nitrogens with zero attached hydrogens (tertiary/aromatic N) is 3. The molecule has 1 aliphatic rings. The molecule has 5 N–H and O–H groups in total.